The molecule has 0 radical (unpaired) electrons. The number of nitrogens with one attached hydrogen (secondary N) is 1. The molecule has 2 aromatic rings. The summed E-state index contributed by atoms with van der Waals surface area (Å²) in [5.41, 5.74) is 0.845. The van der Waals surface area contributed by atoms with Crippen molar-refractivity contribution in [2.24, 2.45) is 11.8 Å². The van der Waals surface area contributed by atoms with Gasteiger partial charge in [-0.05, 0) is 61.4 Å². The number of hydrogen-bond acceptors (Lipinski definition) is 8. The minimum atomic E-state index is -0.348. The van der Waals surface area contributed by atoms with Crippen LogP contribution in [0.4, 0.5) is 5.69 Å². The third-order valence-electron chi connectivity index (χ3n) is 7.43. The molecule has 1 fully saturated rings. The van der Waals surface area contributed by atoms with E-state index in [2.05, 4.69) is 39.7 Å². The fourth-order valence-electron chi connectivity index (χ4n) is 5.31. The van der Waals surface area contributed by atoms with Crippen molar-refractivity contribution in [1.29, 1.82) is 0 Å². The third kappa shape index (κ3) is 7.04. The van der Waals surface area contributed by atoms with Crippen molar-refractivity contribution in [2.45, 2.75) is 64.6 Å². The third-order valence-corrected chi connectivity index (χ3v) is 7.43. The number of benzene rings is 1. The van der Waals surface area contributed by atoms with Gasteiger partial charge in [0.1, 0.15) is 24.7 Å². The highest BCUT2D eigenvalue weighted by atomic mass is 16.5. The Morgan fingerprint density at radius 1 is 1.27 bits per heavy atom. The van der Waals surface area contributed by atoms with E-state index in [0.717, 1.165) is 19.0 Å². The first kappa shape index (κ1) is 27.0. The quantitative estimate of drug-likeness (QED) is 0.522. The number of aliphatic hydroxyl groups is 1. The minimum Gasteiger partial charge on any atom is -0.488 e. The van der Waals surface area contributed by atoms with Gasteiger partial charge in [0.25, 0.3) is 5.91 Å². The van der Waals surface area contributed by atoms with Crippen LogP contribution < -0.4 is 10.1 Å². The summed E-state index contributed by atoms with van der Waals surface area (Å²) in [5, 5.41) is 23.4. The lowest BCUT2D eigenvalue weighted by Crippen LogP contribution is -2.50. The molecule has 1 aliphatic heterocycles. The van der Waals surface area contributed by atoms with Gasteiger partial charge < -0.3 is 25.0 Å². The Morgan fingerprint density at radius 3 is 2.76 bits per heavy atom. The Bertz CT molecular complexity index is 1040. The van der Waals surface area contributed by atoms with E-state index in [4.69, 9.17) is 4.74 Å². The predicted octanol–water partition coefficient (Wildman–Crippen LogP) is 2.04. The number of fused-ring (bicyclic) bond motifs is 1. The van der Waals surface area contributed by atoms with Crippen molar-refractivity contribution >= 4 is 17.5 Å². The van der Waals surface area contributed by atoms with Crippen molar-refractivity contribution in [3.05, 3.63) is 30.1 Å². The van der Waals surface area contributed by atoms with Crippen molar-refractivity contribution in [1.82, 2.24) is 30.0 Å². The summed E-state index contributed by atoms with van der Waals surface area (Å²) in [5.74, 6) is 0.732. The van der Waals surface area contributed by atoms with E-state index in [1.165, 1.54) is 43.1 Å². The number of hydrogen-bond donors (Lipinski definition) is 2. The number of anilines is 1. The largest absolute Gasteiger partial charge is 0.488 e. The zero-order chi connectivity index (χ0) is 26.4. The number of rotatable bonds is 9. The van der Waals surface area contributed by atoms with Crippen molar-refractivity contribution in [2.75, 3.05) is 38.6 Å². The zero-order valence-corrected chi connectivity index (χ0v) is 22.0. The highest BCUT2D eigenvalue weighted by molar-refractivity contribution is 5.99. The number of tetrazole rings is 1. The molecule has 1 aromatic carbocycles. The lowest BCUT2D eigenvalue weighted by Gasteiger charge is -2.38. The predicted molar refractivity (Wildman–Crippen MR) is 138 cm³/mol. The SMILES string of the molecule is C[C@@H]1CN([C@H](C)CO)C(=O)c2cc(NC(=O)Cn3cnnn3)ccc2O[C@H]1CN(C)CC1CCCCC1. The highest BCUT2D eigenvalue weighted by Gasteiger charge is 2.34. The summed E-state index contributed by atoms with van der Waals surface area (Å²) < 4.78 is 7.81. The van der Waals surface area contributed by atoms with E-state index in [1.54, 1.807) is 23.1 Å². The number of nitrogens with zero attached hydrogens (tertiary/aromatic N) is 6. The Kier molecular flexibility index (Phi) is 9.09. The molecule has 0 spiro atoms. The molecule has 0 bridgehead atoms. The maximum atomic E-state index is 13.6. The number of ether oxygens (including phenoxy) is 1. The molecule has 37 heavy (non-hydrogen) atoms. The monoisotopic (exact) mass is 513 g/mol. The Hall–Kier alpha value is -3.05. The number of amides is 2. The van der Waals surface area contributed by atoms with Crippen LogP contribution in [-0.4, -0.2) is 92.4 Å². The van der Waals surface area contributed by atoms with Gasteiger partial charge in [-0.1, -0.05) is 26.2 Å². The molecule has 1 saturated carbocycles. The Labute approximate surface area is 218 Å². The molecule has 2 aliphatic rings. The molecule has 1 aliphatic carbocycles. The first-order valence-electron chi connectivity index (χ1n) is 13.3. The average Bonchev–Trinajstić information content (AvgIpc) is 3.39. The second kappa shape index (κ2) is 12.5. The normalized spacial score (nSPS) is 21.6. The van der Waals surface area contributed by atoms with E-state index in [0.29, 0.717) is 23.5 Å². The smallest absolute Gasteiger partial charge is 0.258 e. The van der Waals surface area contributed by atoms with Crippen LogP contribution >= 0.6 is 0 Å². The first-order chi connectivity index (χ1) is 17.8. The fraction of sp³-hybridized carbons (Fsp3) is 0.654. The van der Waals surface area contributed by atoms with E-state index < -0.39 is 0 Å². The second-order valence-electron chi connectivity index (χ2n) is 10.6. The Balaban J connectivity index is 1.53. The molecule has 2 amide bonds. The molecule has 11 heteroatoms. The van der Waals surface area contributed by atoms with Crippen LogP contribution in [0.3, 0.4) is 0 Å². The fourth-order valence-corrected chi connectivity index (χ4v) is 5.31. The maximum Gasteiger partial charge on any atom is 0.258 e. The van der Waals surface area contributed by atoms with Gasteiger partial charge >= 0.3 is 0 Å². The van der Waals surface area contributed by atoms with E-state index in [9.17, 15) is 14.7 Å². The van der Waals surface area contributed by atoms with Gasteiger partial charge in [0.2, 0.25) is 5.91 Å². The van der Waals surface area contributed by atoms with Gasteiger partial charge in [-0.3, -0.25) is 9.59 Å². The second-order valence-corrected chi connectivity index (χ2v) is 10.6. The standard InChI is InChI=1S/C26H39N7O4/c1-18-12-33(19(2)16-34)26(36)22-11-21(28-25(35)15-32-17-27-29-30-32)9-10-23(22)37-24(18)14-31(3)13-20-7-5-4-6-8-20/h9-11,17-20,24,34H,4-8,12-16H2,1-3H3,(H,28,35)/t18-,19-,24+/m1/s1. The molecule has 202 valence electrons. The van der Waals surface area contributed by atoms with Gasteiger partial charge in [-0.15, -0.1) is 5.10 Å². The van der Waals surface area contributed by atoms with E-state index in [1.807, 2.05) is 6.92 Å². The molecule has 0 saturated heterocycles. The zero-order valence-electron chi connectivity index (χ0n) is 22.0. The van der Waals surface area contributed by atoms with Crippen LogP contribution in [0.2, 0.25) is 0 Å². The molecule has 1 aromatic heterocycles. The number of carbonyl (C=O) groups is 2. The van der Waals surface area contributed by atoms with Crippen molar-refractivity contribution in [3.63, 3.8) is 0 Å². The van der Waals surface area contributed by atoms with Gasteiger partial charge in [0.15, 0.2) is 0 Å². The van der Waals surface area contributed by atoms with E-state index in [-0.39, 0.29) is 43.0 Å². The summed E-state index contributed by atoms with van der Waals surface area (Å²) in [6.45, 7) is 6.02. The summed E-state index contributed by atoms with van der Waals surface area (Å²) in [7, 11) is 2.15. The van der Waals surface area contributed by atoms with Crippen LogP contribution in [0, 0.1) is 11.8 Å². The molecule has 4 rings (SSSR count). The van der Waals surface area contributed by atoms with Crippen molar-refractivity contribution in [3.8, 4) is 5.75 Å². The molecule has 0 unspecified atom stereocenters. The van der Waals surface area contributed by atoms with Crippen LogP contribution in [0.5, 0.6) is 5.75 Å². The van der Waals surface area contributed by atoms with Gasteiger partial charge in [0, 0.05) is 31.2 Å². The topological polar surface area (TPSA) is 126 Å². The van der Waals surface area contributed by atoms with E-state index >= 15 is 0 Å². The Morgan fingerprint density at radius 2 is 2.05 bits per heavy atom. The van der Waals surface area contributed by atoms with Crippen molar-refractivity contribution < 1.29 is 19.4 Å². The molecule has 2 heterocycles. The molecule has 11 nitrogen and oxygen atoms in total. The molecule has 2 N–H and O–H groups in total. The minimum absolute atomic E-state index is 0.0465. The summed E-state index contributed by atoms with van der Waals surface area (Å²) >= 11 is 0. The lowest BCUT2D eigenvalue weighted by atomic mass is 9.89. The average molecular weight is 514 g/mol. The summed E-state index contributed by atoms with van der Waals surface area (Å²) in [6, 6.07) is 4.77. The van der Waals surface area contributed by atoms with Crippen LogP contribution in [0.25, 0.3) is 0 Å². The first-order valence-corrected chi connectivity index (χ1v) is 13.3. The van der Waals surface area contributed by atoms with Gasteiger partial charge in [0.05, 0.1) is 18.2 Å². The lowest BCUT2D eigenvalue weighted by molar-refractivity contribution is -0.116. The molecular formula is C26H39N7O4. The summed E-state index contributed by atoms with van der Waals surface area (Å²) in [6.07, 6.45) is 7.76. The van der Waals surface area contributed by atoms with Crippen LogP contribution in [0.1, 0.15) is 56.3 Å². The van der Waals surface area contributed by atoms with Gasteiger partial charge in [-0.2, -0.15) is 0 Å². The number of carbonyl (C=O) groups excluding carboxylic acids is 2. The molecule has 3 atom stereocenters. The molecular weight excluding hydrogens is 474 g/mol. The number of aliphatic hydroxyl groups excluding tert-OH is 1. The van der Waals surface area contributed by atoms with Crippen LogP contribution in [0.15, 0.2) is 24.5 Å². The summed E-state index contributed by atoms with van der Waals surface area (Å²) in [4.78, 5) is 30.1. The number of likely N-dealkylation sites (N-methyl/N-ethyl adjacent to an activating group) is 1. The highest BCUT2D eigenvalue weighted by Crippen LogP contribution is 2.31. The van der Waals surface area contributed by atoms with Gasteiger partial charge in [-0.25, -0.2) is 4.68 Å². The maximum absolute atomic E-state index is 13.6. The number of aromatic nitrogens is 4. The van der Waals surface area contributed by atoms with Crippen LogP contribution in [-0.2, 0) is 11.3 Å².